The maximum Gasteiger partial charge on any atom is 0.387 e. The van der Waals surface area contributed by atoms with Gasteiger partial charge in [-0.2, -0.15) is 8.78 Å². The Hall–Kier alpha value is -1.86. The fourth-order valence-electron chi connectivity index (χ4n) is 1.64. The summed E-state index contributed by atoms with van der Waals surface area (Å²) in [4.78, 5) is 16.2. The molecule has 2 aromatic rings. The number of carbonyl (C=O) groups is 1. The van der Waals surface area contributed by atoms with Crippen molar-refractivity contribution in [1.82, 2.24) is 4.98 Å². The van der Waals surface area contributed by atoms with E-state index >= 15 is 0 Å². The largest absolute Gasteiger partial charge is 0.435 e. The summed E-state index contributed by atoms with van der Waals surface area (Å²) in [6, 6.07) is 9.09. The molecule has 122 valence electrons. The third-order valence-corrected chi connectivity index (χ3v) is 4.26. The summed E-state index contributed by atoms with van der Waals surface area (Å²) in [5, 5.41) is 3.30. The highest BCUT2D eigenvalue weighted by Gasteiger charge is 2.17. The number of benzene rings is 1. The molecular formula is C15H13ClF2N2O2S. The maximum absolute atomic E-state index is 12.1. The number of aromatic nitrogens is 1. The predicted molar refractivity (Wildman–Crippen MR) is 86.3 cm³/mol. The molecule has 8 heteroatoms. The highest BCUT2D eigenvalue weighted by molar-refractivity contribution is 8.00. The molecule has 0 radical (unpaired) electrons. The Morgan fingerprint density at radius 2 is 2.00 bits per heavy atom. The first-order valence-electron chi connectivity index (χ1n) is 6.58. The lowest BCUT2D eigenvalue weighted by Crippen LogP contribution is -2.22. The zero-order valence-corrected chi connectivity index (χ0v) is 13.6. The number of amides is 1. The first-order chi connectivity index (χ1) is 11.0. The van der Waals surface area contributed by atoms with Gasteiger partial charge >= 0.3 is 6.61 Å². The Morgan fingerprint density at radius 1 is 1.30 bits per heavy atom. The number of rotatable bonds is 6. The number of hydrogen-bond donors (Lipinski definition) is 1. The van der Waals surface area contributed by atoms with Crippen molar-refractivity contribution in [3.63, 3.8) is 0 Å². The van der Waals surface area contributed by atoms with Gasteiger partial charge < -0.3 is 10.1 Å². The fraction of sp³-hybridized carbons (Fsp3) is 0.200. The van der Waals surface area contributed by atoms with E-state index in [1.807, 2.05) is 0 Å². The van der Waals surface area contributed by atoms with Crippen LogP contribution in [0.3, 0.4) is 0 Å². The normalized spacial score (nSPS) is 12.0. The highest BCUT2D eigenvalue weighted by atomic mass is 35.5. The Kier molecular flexibility index (Phi) is 6.18. The number of ether oxygens (including phenoxy) is 1. The van der Waals surface area contributed by atoms with Crippen molar-refractivity contribution in [3.05, 3.63) is 47.6 Å². The lowest BCUT2D eigenvalue weighted by atomic mass is 10.3. The van der Waals surface area contributed by atoms with Crippen LogP contribution >= 0.6 is 23.4 Å². The van der Waals surface area contributed by atoms with E-state index in [0.29, 0.717) is 15.7 Å². The van der Waals surface area contributed by atoms with Gasteiger partial charge in [0.1, 0.15) is 10.8 Å². The van der Waals surface area contributed by atoms with Crippen molar-refractivity contribution in [2.24, 2.45) is 0 Å². The molecule has 2 rings (SSSR count). The van der Waals surface area contributed by atoms with E-state index in [-0.39, 0.29) is 11.7 Å². The van der Waals surface area contributed by atoms with E-state index in [4.69, 9.17) is 11.6 Å². The molecule has 0 aliphatic heterocycles. The predicted octanol–water partition coefficient (Wildman–Crippen LogP) is 4.46. The van der Waals surface area contributed by atoms with Gasteiger partial charge in [-0.1, -0.05) is 23.4 Å². The number of anilines is 1. The van der Waals surface area contributed by atoms with Crippen LogP contribution in [0.2, 0.25) is 5.02 Å². The average Bonchev–Trinajstić information content (AvgIpc) is 2.51. The summed E-state index contributed by atoms with van der Waals surface area (Å²) in [6.07, 6.45) is 1.60. The number of hydrogen-bond acceptors (Lipinski definition) is 4. The Balaban J connectivity index is 1.94. The summed E-state index contributed by atoms with van der Waals surface area (Å²) in [5.41, 5.74) is 0.483. The fourth-order valence-corrected chi connectivity index (χ4v) is 2.70. The molecule has 1 heterocycles. The average molecular weight is 359 g/mol. The molecule has 1 N–H and O–H groups in total. The molecule has 0 fully saturated rings. The lowest BCUT2D eigenvalue weighted by molar-refractivity contribution is -0.115. The van der Waals surface area contributed by atoms with Crippen LogP contribution in [0.5, 0.6) is 5.75 Å². The summed E-state index contributed by atoms with van der Waals surface area (Å²) in [6.45, 7) is -1.16. The van der Waals surface area contributed by atoms with Gasteiger partial charge in [0.25, 0.3) is 0 Å². The Labute approximate surface area is 141 Å². The van der Waals surface area contributed by atoms with E-state index in [2.05, 4.69) is 15.0 Å². The molecule has 0 saturated heterocycles. The van der Waals surface area contributed by atoms with Crippen LogP contribution in [-0.4, -0.2) is 22.8 Å². The second-order valence-corrected chi connectivity index (χ2v) is 6.18. The molecule has 1 amide bonds. The first-order valence-corrected chi connectivity index (χ1v) is 7.84. The standard InChI is InChI=1S/C15H13ClF2N2O2S/c1-9(23-14-12(16)3-2-8-19-14)13(21)20-10-4-6-11(7-5-10)22-15(17)18/h2-9,15H,1H3,(H,20,21). The minimum absolute atomic E-state index is 0.0284. The summed E-state index contributed by atoms with van der Waals surface area (Å²) in [7, 11) is 0. The topological polar surface area (TPSA) is 51.2 Å². The molecule has 1 unspecified atom stereocenters. The van der Waals surface area contributed by atoms with E-state index in [9.17, 15) is 13.6 Å². The number of nitrogens with one attached hydrogen (secondary N) is 1. The molecular weight excluding hydrogens is 346 g/mol. The van der Waals surface area contributed by atoms with Gasteiger partial charge in [-0.05, 0) is 43.3 Å². The second kappa shape index (κ2) is 8.12. The number of thioether (sulfide) groups is 1. The molecule has 1 aromatic carbocycles. The molecule has 1 atom stereocenters. The minimum Gasteiger partial charge on any atom is -0.435 e. The summed E-state index contributed by atoms with van der Waals surface area (Å²) in [5.74, 6) is -0.222. The number of nitrogens with zero attached hydrogens (tertiary/aromatic N) is 1. The van der Waals surface area contributed by atoms with Crippen LogP contribution in [0, 0.1) is 0 Å². The number of alkyl halides is 2. The van der Waals surface area contributed by atoms with Crippen LogP contribution < -0.4 is 10.1 Å². The van der Waals surface area contributed by atoms with Gasteiger partial charge in [-0.15, -0.1) is 0 Å². The maximum atomic E-state index is 12.1. The molecule has 0 bridgehead atoms. The van der Waals surface area contributed by atoms with Gasteiger partial charge in [0, 0.05) is 11.9 Å². The zero-order chi connectivity index (χ0) is 16.8. The van der Waals surface area contributed by atoms with Crippen molar-refractivity contribution in [2.75, 3.05) is 5.32 Å². The summed E-state index contributed by atoms with van der Waals surface area (Å²) < 4.78 is 28.4. The quantitative estimate of drug-likeness (QED) is 0.775. The molecule has 0 saturated carbocycles. The SMILES string of the molecule is CC(Sc1ncccc1Cl)C(=O)Nc1ccc(OC(F)F)cc1. The minimum atomic E-state index is -2.88. The Bertz CT molecular complexity index is 671. The van der Waals surface area contributed by atoms with Gasteiger partial charge in [-0.3, -0.25) is 4.79 Å². The molecule has 1 aromatic heterocycles. The third-order valence-electron chi connectivity index (χ3n) is 2.73. The van der Waals surface area contributed by atoms with Crippen molar-refractivity contribution in [1.29, 1.82) is 0 Å². The number of halogens is 3. The van der Waals surface area contributed by atoms with Crippen molar-refractivity contribution >= 4 is 35.0 Å². The van der Waals surface area contributed by atoms with Crippen LogP contribution in [0.15, 0.2) is 47.6 Å². The molecule has 0 aliphatic rings. The molecule has 0 spiro atoms. The number of carbonyl (C=O) groups excluding carboxylic acids is 1. The van der Waals surface area contributed by atoms with E-state index in [0.717, 1.165) is 0 Å². The smallest absolute Gasteiger partial charge is 0.387 e. The van der Waals surface area contributed by atoms with Gasteiger partial charge in [0.2, 0.25) is 5.91 Å². The van der Waals surface area contributed by atoms with Crippen LogP contribution in [-0.2, 0) is 4.79 Å². The van der Waals surface area contributed by atoms with Crippen molar-refractivity contribution in [2.45, 2.75) is 23.8 Å². The molecule has 0 aliphatic carbocycles. The third kappa shape index (κ3) is 5.37. The van der Waals surface area contributed by atoms with Crippen LogP contribution in [0.25, 0.3) is 0 Å². The Morgan fingerprint density at radius 3 is 2.61 bits per heavy atom. The van der Waals surface area contributed by atoms with Gasteiger partial charge in [0.15, 0.2) is 0 Å². The second-order valence-electron chi connectivity index (χ2n) is 4.44. The monoisotopic (exact) mass is 358 g/mol. The summed E-state index contributed by atoms with van der Waals surface area (Å²) >= 11 is 7.23. The van der Waals surface area contributed by atoms with Crippen molar-refractivity contribution < 1.29 is 18.3 Å². The van der Waals surface area contributed by atoms with E-state index < -0.39 is 11.9 Å². The van der Waals surface area contributed by atoms with E-state index in [1.165, 1.54) is 36.0 Å². The van der Waals surface area contributed by atoms with Gasteiger partial charge in [0.05, 0.1) is 10.3 Å². The van der Waals surface area contributed by atoms with Crippen LogP contribution in [0.1, 0.15) is 6.92 Å². The van der Waals surface area contributed by atoms with Crippen molar-refractivity contribution in [3.8, 4) is 5.75 Å². The molecule has 4 nitrogen and oxygen atoms in total. The lowest BCUT2D eigenvalue weighted by Gasteiger charge is -2.12. The van der Waals surface area contributed by atoms with Gasteiger partial charge in [-0.25, -0.2) is 4.98 Å². The molecule has 23 heavy (non-hydrogen) atoms. The highest BCUT2D eigenvalue weighted by Crippen LogP contribution is 2.28. The van der Waals surface area contributed by atoms with Crippen LogP contribution in [0.4, 0.5) is 14.5 Å². The first kappa shape index (κ1) is 17.5. The zero-order valence-electron chi connectivity index (χ0n) is 12.0. The number of pyridine rings is 1. The van der Waals surface area contributed by atoms with E-state index in [1.54, 1.807) is 25.3 Å².